The number of ether oxygens (including phenoxy) is 4. The van der Waals surface area contributed by atoms with E-state index in [0.29, 0.717) is 23.8 Å². The van der Waals surface area contributed by atoms with Gasteiger partial charge >= 0.3 is 0 Å². The Kier molecular flexibility index (Phi) is 9.34. The first-order valence-electron chi connectivity index (χ1n) is 16.2. The van der Waals surface area contributed by atoms with Crippen LogP contribution in [0.4, 0.5) is 5.69 Å². The van der Waals surface area contributed by atoms with Gasteiger partial charge in [-0.2, -0.15) is 0 Å². The lowest BCUT2D eigenvalue weighted by Gasteiger charge is -2.52. The first-order chi connectivity index (χ1) is 22.8. The number of rotatable bonds is 11. The van der Waals surface area contributed by atoms with Crippen LogP contribution in [-0.2, 0) is 19.1 Å². The van der Waals surface area contributed by atoms with E-state index in [1.165, 1.54) is 0 Å². The molecule has 2 aliphatic heterocycles. The van der Waals surface area contributed by atoms with Crippen LogP contribution in [0, 0.1) is 0 Å². The lowest BCUT2D eigenvalue weighted by atomic mass is 9.88. The molecule has 8 heteroatoms. The van der Waals surface area contributed by atoms with Gasteiger partial charge in [-0.15, -0.1) is 0 Å². The number of likely N-dealkylation sites (N-methyl/N-ethyl adjacent to an activating group) is 1. The summed E-state index contributed by atoms with van der Waals surface area (Å²) < 4.78 is 24.9. The maximum Gasteiger partial charge on any atom is 0.282 e. The molecule has 0 saturated carbocycles. The molecule has 4 aromatic rings. The highest BCUT2D eigenvalue weighted by Crippen LogP contribution is 2.48. The third kappa shape index (κ3) is 6.23. The van der Waals surface area contributed by atoms with Crippen molar-refractivity contribution >= 4 is 17.5 Å². The van der Waals surface area contributed by atoms with Gasteiger partial charge in [0.05, 0.1) is 19.8 Å². The standard InChI is InChI=1S/C39H42N2O6/c1-6-7-24-45-33-25-31(44-5)22-23-32(33)34-36(37(42)41(34)30-20-18-28(19-21-30)27-14-10-8-11-15-27)47-39(3)38(43)40(4)26(2)35(46-39)29-16-12-9-13-17-29/h8-23,25-26,34-36H,6-7,24H2,1-5H3/t26-,34+,35-,36-,39+/m0/s1. The Bertz CT molecular complexity index is 1700. The Morgan fingerprint density at radius 3 is 2.19 bits per heavy atom. The molecule has 0 aliphatic carbocycles. The number of benzene rings is 4. The fourth-order valence-corrected chi connectivity index (χ4v) is 6.36. The monoisotopic (exact) mass is 634 g/mol. The molecular weight excluding hydrogens is 592 g/mol. The molecular formula is C39H42N2O6. The fraction of sp³-hybridized carbons (Fsp3) is 0.333. The molecule has 5 atom stereocenters. The van der Waals surface area contributed by atoms with Crippen molar-refractivity contribution in [3.05, 3.63) is 114 Å². The van der Waals surface area contributed by atoms with Gasteiger partial charge < -0.3 is 23.8 Å². The zero-order valence-electron chi connectivity index (χ0n) is 27.6. The van der Waals surface area contributed by atoms with E-state index in [0.717, 1.165) is 35.1 Å². The van der Waals surface area contributed by atoms with E-state index in [2.05, 4.69) is 19.1 Å². The van der Waals surface area contributed by atoms with Crippen molar-refractivity contribution in [2.45, 2.75) is 63.7 Å². The number of hydrogen-bond acceptors (Lipinski definition) is 6. The van der Waals surface area contributed by atoms with Crippen LogP contribution in [0.1, 0.15) is 56.9 Å². The lowest BCUT2D eigenvalue weighted by molar-refractivity contribution is -0.290. The van der Waals surface area contributed by atoms with Crippen molar-refractivity contribution in [2.24, 2.45) is 0 Å². The molecule has 8 nitrogen and oxygen atoms in total. The van der Waals surface area contributed by atoms with Gasteiger partial charge in [0, 0.05) is 24.4 Å². The van der Waals surface area contributed by atoms with E-state index in [1.807, 2.05) is 97.9 Å². The number of carbonyl (C=O) groups excluding carboxylic acids is 2. The third-order valence-corrected chi connectivity index (χ3v) is 9.18. The number of morpholine rings is 1. The van der Waals surface area contributed by atoms with E-state index in [1.54, 1.807) is 30.9 Å². The maximum atomic E-state index is 14.2. The summed E-state index contributed by atoms with van der Waals surface area (Å²) in [7, 11) is 3.36. The summed E-state index contributed by atoms with van der Waals surface area (Å²) in [6.45, 7) is 6.18. The largest absolute Gasteiger partial charge is 0.497 e. The number of β-lactam (4-membered cyclic amide) rings is 1. The molecule has 0 radical (unpaired) electrons. The SMILES string of the molecule is CCCCOc1cc(OC)ccc1[C@@H]1[C@H](O[C@@]2(C)O[C@H](c3ccccc3)[C@H](C)N(C)C2=O)C(=O)N1c1ccc(-c2ccccc2)cc1. The van der Waals surface area contributed by atoms with Gasteiger partial charge in [-0.25, -0.2) is 0 Å². The summed E-state index contributed by atoms with van der Waals surface area (Å²) in [4.78, 5) is 31.3. The van der Waals surface area contributed by atoms with Crippen molar-refractivity contribution in [3.8, 4) is 22.6 Å². The number of anilines is 1. The van der Waals surface area contributed by atoms with Gasteiger partial charge in [0.1, 0.15) is 23.6 Å². The summed E-state index contributed by atoms with van der Waals surface area (Å²) in [5.74, 6) is -1.08. The minimum Gasteiger partial charge on any atom is -0.497 e. The first kappa shape index (κ1) is 32.3. The van der Waals surface area contributed by atoms with Crippen LogP contribution in [0.15, 0.2) is 103 Å². The molecule has 4 aromatic carbocycles. The molecule has 0 spiro atoms. The average molecular weight is 635 g/mol. The molecule has 0 N–H and O–H groups in total. The molecule has 2 heterocycles. The fourth-order valence-electron chi connectivity index (χ4n) is 6.36. The van der Waals surface area contributed by atoms with Crippen molar-refractivity contribution in [2.75, 3.05) is 25.7 Å². The summed E-state index contributed by atoms with van der Waals surface area (Å²) in [6, 6.07) is 32.5. The minimum atomic E-state index is -1.71. The number of methoxy groups -OCH3 is 1. The Labute approximate surface area is 276 Å². The summed E-state index contributed by atoms with van der Waals surface area (Å²) in [6.07, 6.45) is 0.376. The van der Waals surface area contributed by atoms with Crippen LogP contribution in [0.5, 0.6) is 11.5 Å². The molecule has 6 rings (SSSR count). The van der Waals surface area contributed by atoms with Gasteiger partial charge in [0.15, 0.2) is 6.10 Å². The molecule has 2 aliphatic rings. The summed E-state index contributed by atoms with van der Waals surface area (Å²) in [5, 5.41) is 0. The second-order valence-electron chi connectivity index (χ2n) is 12.3. The van der Waals surface area contributed by atoms with E-state index in [-0.39, 0.29) is 17.9 Å². The average Bonchev–Trinajstić information content (AvgIpc) is 3.11. The van der Waals surface area contributed by atoms with E-state index in [9.17, 15) is 9.59 Å². The predicted octanol–water partition coefficient (Wildman–Crippen LogP) is 7.35. The summed E-state index contributed by atoms with van der Waals surface area (Å²) in [5.41, 5.74) is 4.52. The zero-order valence-corrected chi connectivity index (χ0v) is 27.6. The smallest absolute Gasteiger partial charge is 0.282 e. The molecule has 0 aromatic heterocycles. The van der Waals surface area contributed by atoms with Crippen LogP contribution in [-0.4, -0.2) is 55.4 Å². The highest BCUT2D eigenvalue weighted by molar-refractivity contribution is 6.05. The zero-order chi connectivity index (χ0) is 33.1. The Hall–Kier alpha value is -4.66. The van der Waals surface area contributed by atoms with Crippen molar-refractivity contribution in [1.29, 1.82) is 0 Å². The highest BCUT2D eigenvalue weighted by Gasteiger charge is 2.58. The normalized spacial score (nSPS) is 24.2. The van der Waals surface area contributed by atoms with Crippen molar-refractivity contribution < 1.29 is 28.5 Å². The number of unbranched alkanes of at least 4 members (excludes halogenated alkanes) is 1. The Morgan fingerprint density at radius 1 is 0.872 bits per heavy atom. The predicted molar refractivity (Wildman–Crippen MR) is 181 cm³/mol. The van der Waals surface area contributed by atoms with Crippen molar-refractivity contribution in [1.82, 2.24) is 4.90 Å². The van der Waals surface area contributed by atoms with E-state index < -0.39 is 24.0 Å². The van der Waals surface area contributed by atoms with E-state index >= 15 is 0 Å². The van der Waals surface area contributed by atoms with Gasteiger partial charge in [-0.1, -0.05) is 86.1 Å². The van der Waals surface area contributed by atoms with Gasteiger partial charge in [0.25, 0.3) is 11.8 Å². The molecule has 0 unspecified atom stereocenters. The second kappa shape index (κ2) is 13.6. The number of nitrogens with zero attached hydrogens (tertiary/aromatic N) is 2. The Balaban J connectivity index is 1.37. The van der Waals surface area contributed by atoms with Crippen LogP contribution in [0.2, 0.25) is 0 Å². The van der Waals surface area contributed by atoms with Gasteiger partial charge in [0.2, 0.25) is 5.79 Å². The molecule has 47 heavy (non-hydrogen) atoms. The molecule has 2 amide bonds. The quantitative estimate of drug-likeness (QED) is 0.127. The van der Waals surface area contributed by atoms with Crippen molar-refractivity contribution in [3.63, 3.8) is 0 Å². The molecule has 244 valence electrons. The Morgan fingerprint density at radius 2 is 1.53 bits per heavy atom. The highest BCUT2D eigenvalue weighted by atomic mass is 16.7. The van der Waals surface area contributed by atoms with E-state index in [4.69, 9.17) is 18.9 Å². The number of amides is 2. The van der Waals surface area contributed by atoms with Gasteiger partial charge in [-0.3, -0.25) is 14.5 Å². The molecule has 0 bridgehead atoms. The van der Waals surface area contributed by atoms with Crippen LogP contribution in [0.25, 0.3) is 11.1 Å². The maximum absolute atomic E-state index is 14.2. The van der Waals surface area contributed by atoms with Crippen LogP contribution in [0.3, 0.4) is 0 Å². The molecule has 2 fully saturated rings. The van der Waals surface area contributed by atoms with Crippen LogP contribution < -0.4 is 14.4 Å². The van der Waals surface area contributed by atoms with Crippen LogP contribution >= 0.6 is 0 Å². The molecule has 2 saturated heterocycles. The topological polar surface area (TPSA) is 77.5 Å². The summed E-state index contributed by atoms with van der Waals surface area (Å²) >= 11 is 0. The number of carbonyl (C=O) groups is 2. The first-order valence-corrected chi connectivity index (χ1v) is 16.2. The second-order valence-corrected chi connectivity index (χ2v) is 12.3. The lowest BCUT2D eigenvalue weighted by Crippen LogP contribution is -2.67. The minimum absolute atomic E-state index is 0.241. The number of hydrogen-bond donors (Lipinski definition) is 0. The van der Waals surface area contributed by atoms with Gasteiger partial charge in [-0.05, 0) is 61.2 Å². The third-order valence-electron chi connectivity index (χ3n) is 9.18.